The van der Waals surface area contributed by atoms with Gasteiger partial charge in [-0.3, -0.25) is 10.2 Å². The number of carbonyl (C=O) groups excluding carboxylic acids is 1. The van der Waals surface area contributed by atoms with Gasteiger partial charge in [-0.1, -0.05) is 0 Å². The number of hydrogen-bond acceptors (Lipinski definition) is 2. The van der Waals surface area contributed by atoms with E-state index in [-0.39, 0.29) is 5.91 Å². The highest BCUT2D eigenvalue weighted by Crippen LogP contribution is 2.10. The fourth-order valence-electron chi connectivity index (χ4n) is 0.172. The van der Waals surface area contributed by atoms with Gasteiger partial charge in [0.1, 0.15) is 4.87 Å². The van der Waals surface area contributed by atoms with Crippen molar-refractivity contribution in [3.05, 3.63) is 0 Å². The molecule has 0 fully saturated rings. The van der Waals surface area contributed by atoms with E-state index in [4.69, 9.17) is 17.4 Å². The summed E-state index contributed by atoms with van der Waals surface area (Å²) < 4.78 is 0. The lowest BCUT2D eigenvalue weighted by atomic mass is 10.2. The molecule has 1 amide bonds. The van der Waals surface area contributed by atoms with Gasteiger partial charge in [0.25, 0.3) is 5.91 Å². The summed E-state index contributed by atoms with van der Waals surface area (Å²) in [5.41, 5.74) is 1.93. The molecule has 0 rings (SSSR count). The zero-order chi connectivity index (χ0) is 6.78. The van der Waals surface area contributed by atoms with Gasteiger partial charge in [0.05, 0.1) is 0 Å². The molecule has 0 saturated carbocycles. The van der Waals surface area contributed by atoms with E-state index in [2.05, 4.69) is 0 Å². The Bertz CT molecular complexity index is 96.7. The molecule has 4 heteroatoms. The topological polar surface area (TPSA) is 55.1 Å². The van der Waals surface area contributed by atoms with Crippen molar-refractivity contribution >= 4 is 17.5 Å². The number of amides is 1. The predicted octanol–water partition coefficient (Wildman–Crippen LogP) is -0.00630. The molecule has 0 atom stereocenters. The number of nitrogens with two attached hydrogens (primary N) is 1. The van der Waals surface area contributed by atoms with Gasteiger partial charge in [0.2, 0.25) is 0 Å². The molecule has 0 aromatic heterocycles. The molecule has 0 saturated heterocycles. The van der Waals surface area contributed by atoms with Crippen molar-refractivity contribution in [2.45, 2.75) is 18.7 Å². The number of carbonyl (C=O) groups is 1. The second kappa shape index (κ2) is 2.33. The molecule has 0 aliphatic heterocycles. The van der Waals surface area contributed by atoms with Crippen LogP contribution < -0.4 is 11.3 Å². The van der Waals surface area contributed by atoms with E-state index >= 15 is 0 Å². The normalized spacial score (nSPS) is 11.0. The van der Waals surface area contributed by atoms with Gasteiger partial charge in [0.15, 0.2) is 0 Å². The highest BCUT2D eigenvalue weighted by molar-refractivity contribution is 6.34. The minimum atomic E-state index is -0.894. The van der Waals surface area contributed by atoms with E-state index in [1.54, 1.807) is 13.8 Å². The first-order valence-corrected chi connectivity index (χ1v) is 2.56. The fraction of sp³-hybridized carbons (Fsp3) is 0.750. The van der Waals surface area contributed by atoms with E-state index in [1.165, 1.54) is 0 Å². The second-order valence-electron chi connectivity index (χ2n) is 1.95. The number of rotatable bonds is 1. The molecular formula is C4H9ClN2O. The molecule has 0 bridgehead atoms. The quantitative estimate of drug-likeness (QED) is 0.231. The Morgan fingerprint density at radius 1 is 1.75 bits per heavy atom. The molecule has 3 N–H and O–H groups in total. The largest absolute Gasteiger partial charge is 0.293 e. The summed E-state index contributed by atoms with van der Waals surface area (Å²) in [7, 11) is 0. The smallest absolute Gasteiger partial charge is 0.254 e. The lowest BCUT2D eigenvalue weighted by Gasteiger charge is -2.11. The molecule has 0 aromatic carbocycles. The first-order valence-electron chi connectivity index (χ1n) is 2.18. The lowest BCUT2D eigenvalue weighted by molar-refractivity contribution is -0.122. The summed E-state index contributed by atoms with van der Waals surface area (Å²) in [6, 6.07) is 0. The van der Waals surface area contributed by atoms with Gasteiger partial charge < -0.3 is 0 Å². The SMILES string of the molecule is CC(C)(Cl)C(=O)NN. The second-order valence-corrected chi connectivity index (χ2v) is 2.89. The average Bonchev–Trinajstić information content (AvgIpc) is 1.62. The van der Waals surface area contributed by atoms with E-state index in [0.29, 0.717) is 0 Å². The zero-order valence-electron chi connectivity index (χ0n) is 4.86. The van der Waals surface area contributed by atoms with Crippen LogP contribution in [0.25, 0.3) is 0 Å². The van der Waals surface area contributed by atoms with Crippen LogP contribution in [0.5, 0.6) is 0 Å². The van der Waals surface area contributed by atoms with Crippen LogP contribution in [-0.4, -0.2) is 10.8 Å². The Labute approximate surface area is 53.2 Å². The summed E-state index contributed by atoms with van der Waals surface area (Å²) in [6.45, 7) is 3.13. The number of hydrogen-bond donors (Lipinski definition) is 2. The maximum absolute atomic E-state index is 10.5. The fourth-order valence-corrected chi connectivity index (χ4v) is 0.226. The summed E-state index contributed by atoms with van der Waals surface area (Å²) in [5.74, 6) is 4.40. The Balaban J connectivity index is 3.82. The standard InChI is InChI=1S/C4H9ClN2O/c1-4(2,5)3(8)7-6/h6H2,1-2H3,(H,7,8). The van der Waals surface area contributed by atoms with Crippen LogP contribution in [0.4, 0.5) is 0 Å². The van der Waals surface area contributed by atoms with Gasteiger partial charge >= 0.3 is 0 Å². The highest BCUT2D eigenvalue weighted by atomic mass is 35.5. The maximum Gasteiger partial charge on any atom is 0.254 e. The van der Waals surface area contributed by atoms with Crippen molar-refractivity contribution in [1.82, 2.24) is 5.43 Å². The summed E-state index contributed by atoms with van der Waals surface area (Å²) in [4.78, 5) is 9.57. The lowest BCUT2D eigenvalue weighted by Crippen LogP contribution is -2.41. The molecule has 0 radical (unpaired) electrons. The highest BCUT2D eigenvalue weighted by Gasteiger charge is 2.22. The molecular weight excluding hydrogens is 128 g/mol. The van der Waals surface area contributed by atoms with Crippen molar-refractivity contribution < 1.29 is 4.79 Å². The summed E-state index contributed by atoms with van der Waals surface area (Å²) in [5, 5.41) is 0. The number of alkyl halides is 1. The van der Waals surface area contributed by atoms with Gasteiger partial charge in [0, 0.05) is 0 Å². The minimum absolute atomic E-state index is 0.376. The van der Waals surface area contributed by atoms with Crippen molar-refractivity contribution in [3.8, 4) is 0 Å². The van der Waals surface area contributed by atoms with Crippen LogP contribution >= 0.6 is 11.6 Å². The van der Waals surface area contributed by atoms with Gasteiger partial charge in [-0.25, -0.2) is 5.84 Å². The number of nitrogens with one attached hydrogen (secondary N) is 1. The Hall–Kier alpha value is -0.280. The number of halogens is 1. The van der Waals surface area contributed by atoms with Crippen LogP contribution in [-0.2, 0) is 4.79 Å². The molecule has 3 nitrogen and oxygen atoms in total. The third-order valence-corrected chi connectivity index (χ3v) is 0.843. The van der Waals surface area contributed by atoms with Crippen molar-refractivity contribution in [1.29, 1.82) is 0 Å². The van der Waals surface area contributed by atoms with E-state index in [0.717, 1.165) is 0 Å². The Kier molecular flexibility index (Phi) is 2.25. The first kappa shape index (κ1) is 7.72. The van der Waals surface area contributed by atoms with E-state index < -0.39 is 4.87 Å². The monoisotopic (exact) mass is 136 g/mol. The van der Waals surface area contributed by atoms with Crippen molar-refractivity contribution in [2.24, 2.45) is 5.84 Å². The predicted molar refractivity (Wildman–Crippen MR) is 32.3 cm³/mol. The molecule has 0 aliphatic carbocycles. The van der Waals surface area contributed by atoms with Gasteiger partial charge in [-0.2, -0.15) is 0 Å². The van der Waals surface area contributed by atoms with Crippen LogP contribution in [0.3, 0.4) is 0 Å². The Morgan fingerprint density at radius 3 is 2.12 bits per heavy atom. The maximum atomic E-state index is 10.5. The van der Waals surface area contributed by atoms with Crippen LogP contribution in [0.1, 0.15) is 13.8 Å². The van der Waals surface area contributed by atoms with Crippen molar-refractivity contribution in [3.63, 3.8) is 0 Å². The molecule has 0 heterocycles. The number of hydrazine groups is 1. The first-order chi connectivity index (χ1) is 3.48. The summed E-state index contributed by atoms with van der Waals surface area (Å²) >= 11 is 5.49. The van der Waals surface area contributed by atoms with Crippen LogP contribution in [0, 0.1) is 0 Å². The molecule has 0 aliphatic rings. The summed E-state index contributed by atoms with van der Waals surface area (Å²) in [6.07, 6.45) is 0. The van der Waals surface area contributed by atoms with Gasteiger partial charge in [-0.15, -0.1) is 11.6 Å². The van der Waals surface area contributed by atoms with Gasteiger partial charge in [-0.05, 0) is 13.8 Å². The average molecular weight is 137 g/mol. The minimum Gasteiger partial charge on any atom is -0.293 e. The van der Waals surface area contributed by atoms with Crippen LogP contribution in [0.2, 0.25) is 0 Å². The Morgan fingerprint density at radius 2 is 2.12 bits per heavy atom. The molecule has 0 aromatic rings. The van der Waals surface area contributed by atoms with E-state index in [9.17, 15) is 4.79 Å². The third kappa shape index (κ3) is 2.14. The third-order valence-electron chi connectivity index (χ3n) is 0.671. The van der Waals surface area contributed by atoms with E-state index in [1.807, 2.05) is 5.43 Å². The molecule has 0 spiro atoms. The van der Waals surface area contributed by atoms with Crippen molar-refractivity contribution in [2.75, 3.05) is 0 Å². The molecule has 0 unspecified atom stereocenters. The molecule has 8 heavy (non-hydrogen) atoms. The zero-order valence-corrected chi connectivity index (χ0v) is 5.62. The molecule has 48 valence electrons. The van der Waals surface area contributed by atoms with Crippen LogP contribution in [0.15, 0.2) is 0 Å².